The summed E-state index contributed by atoms with van der Waals surface area (Å²) in [7, 11) is -1.19. The lowest BCUT2D eigenvalue weighted by Crippen LogP contribution is -2.46. The molecule has 1 aromatic rings. The molecule has 1 amide bonds. The molecule has 0 saturated carbocycles. The van der Waals surface area contributed by atoms with Crippen molar-refractivity contribution in [1.82, 2.24) is 19.7 Å². The maximum absolute atomic E-state index is 13.6. The fraction of sp³-hybridized carbons (Fsp3) is 0.750. The fourth-order valence-electron chi connectivity index (χ4n) is 5.31. The van der Waals surface area contributed by atoms with Gasteiger partial charge in [0.15, 0.2) is 0 Å². The molecule has 34 heavy (non-hydrogen) atoms. The van der Waals surface area contributed by atoms with Gasteiger partial charge in [-0.15, -0.1) is 5.10 Å². The minimum absolute atomic E-state index is 0.0589. The van der Waals surface area contributed by atoms with Gasteiger partial charge in [0.25, 0.3) is 5.91 Å². The van der Waals surface area contributed by atoms with E-state index in [9.17, 15) is 9.59 Å². The van der Waals surface area contributed by atoms with Gasteiger partial charge >= 0.3 is 6.09 Å². The molecule has 0 N–H and O–H groups in total. The number of allylic oxidation sites excluding steroid dienone is 1. The van der Waals surface area contributed by atoms with E-state index in [1.807, 2.05) is 20.8 Å². The van der Waals surface area contributed by atoms with Crippen LogP contribution in [0.3, 0.4) is 0 Å². The summed E-state index contributed by atoms with van der Waals surface area (Å²) in [6, 6.07) is 1.10. The van der Waals surface area contributed by atoms with Gasteiger partial charge in [-0.3, -0.25) is 4.79 Å². The second-order valence-electron chi connectivity index (χ2n) is 12.0. The average Bonchev–Trinajstić information content (AvgIpc) is 3.27. The van der Waals surface area contributed by atoms with Crippen LogP contribution in [0.25, 0.3) is 0 Å². The summed E-state index contributed by atoms with van der Waals surface area (Å²) in [6.45, 7) is 15.1. The number of fused-ring (bicyclic) bond motifs is 2. The van der Waals surface area contributed by atoms with Crippen LogP contribution in [0.5, 0.6) is 0 Å². The van der Waals surface area contributed by atoms with E-state index in [2.05, 4.69) is 45.7 Å². The Morgan fingerprint density at radius 3 is 2.50 bits per heavy atom. The monoisotopic (exact) mass is 552 g/mol. The molecule has 0 aromatic carbocycles. The third-order valence-electron chi connectivity index (χ3n) is 7.12. The number of hydrogen-bond acceptors (Lipinski definition) is 6. The summed E-state index contributed by atoms with van der Waals surface area (Å²) in [4.78, 5) is 32.5. The minimum atomic E-state index is -1.19. The molecule has 8 nitrogen and oxygen atoms in total. The maximum atomic E-state index is 13.6. The van der Waals surface area contributed by atoms with Crippen molar-refractivity contribution in [2.24, 2.45) is 5.41 Å². The average molecular weight is 554 g/mol. The number of amides is 1. The SMILES string of the molecule is CC(C)(C)OC(=O)N1CCC2(CCC3=C2C(=O)n2nc(Br)nc2C3COCC[Si](C)(C)C)CC1. The van der Waals surface area contributed by atoms with Crippen LogP contribution in [0.1, 0.15) is 63.0 Å². The van der Waals surface area contributed by atoms with Crippen LogP contribution in [-0.4, -0.2) is 71.6 Å². The standard InChI is InChI=1S/C24H37BrN4O4Si/c1-23(2,3)33-22(31)28-11-9-24(10-12-28)8-7-16-17(15-32-13-14-34(4,5)6)19-26-21(25)27-29(19)20(30)18(16)24/h17H,7-15H2,1-6H3. The van der Waals surface area contributed by atoms with Crippen LogP contribution in [0, 0.1) is 5.41 Å². The molecule has 10 heteroatoms. The van der Waals surface area contributed by atoms with Gasteiger partial charge < -0.3 is 14.4 Å². The number of carbonyl (C=O) groups excluding carboxylic acids is 2. The molecular weight excluding hydrogens is 516 g/mol. The van der Waals surface area contributed by atoms with Gasteiger partial charge in [-0.1, -0.05) is 19.6 Å². The van der Waals surface area contributed by atoms with Gasteiger partial charge in [0, 0.05) is 38.8 Å². The molecule has 1 saturated heterocycles. The zero-order chi connectivity index (χ0) is 24.9. The molecule has 188 valence electrons. The molecular formula is C24H37BrN4O4Si. The molecule has 1 atom stereocenters. The fourth-order valence-corrected chi connectivity index (χ4v) is 6.41. The summed E-state index contributed by atoms with van der Waals surface area (Å²) in [5, 5.41) is 4.38. The molecule has 1 aliphatic carbocycles. The van der Waals surface area contributed by atoms with Gasteiger partial charge in [-0.05, 0) is 74.0 Å². The number of halogens is 1. The number of aromatic nitrogens is 3. The molecule has 4 rings (SSSR count). The number of likely N-dealkylation sites (tertiary alicyclic amines) is 1. The van der Waals surface area contributed by atoms with Crippen LogP contribution in [-0.2, 0) is 9.47 Å². The summed E-state index contributed by atoms with van der Waals surface area (Å²) in [5.41, 5.74) is 1.31. The number of rotatable bonds is 5. The van der Waals surface area contributed by atoms with Gasteiger partial charge in [-0.2, -0.15) is 4.68 Å². The van der Waals surface area contributed by atoms with Crippen LogP contribution < -0.4 is 0 Å². The molecule has 1 aromatic heterocycles. The lowest BCUT2D eigenvalue weighted by molar-refractivity contribution is 0.0134. The minimum Gasteiger partial charge on any atom is -0.444 e. The van der Waals surface area contributed by atoms with Gasteiger partial charge in [0.1, 0.15) is 11.4 Å². The van der Waals surface area contributed by atoms with E-state index in [0.29, 0.717) is 30.3 Å². The summed E-state index contributed by atoms with van der Waals surface area (Å²) >= 11 is 3.36. The van der Waals surface area contributed by atoms with Crippen molar-refractivity contribution in [3.8, 4) is 0 Å². The normalized spacial score (nSPS) is 22.3. The lowest BCUT2D eigenvalue weighted by atomic mass is 9.71. The molecule has 0 bridgehead atoms. The van der Waals surface area contributed by atoms with E-state index in [-0.39, 0.29) is 23.3 Å². The number of ether oxygens (including phenoxy) is 2. The highest BCUT2D eigenvalue weighted by atomic mass is 79.9. The van der Waals surface area contributed by atoms with Crippen molar-refractivity contribution in [3.63, 3.8) is 0 Å². The second kappa shape index (κ2) is 9.17. The first-order valence-corrected chi connectivity index (χ1v) is 16.8. The molecule has 2 aliphatic heterocycles. The quantitative estimate of drug-likeness (QED) is 0.366. The van der Waals surface area contributed by atoms with E-state index in [4.69, 9.17) is 9.47 Å². The Kier molecular flexibility index (Phi) is 6.89. The Balaban J connectivity index is 1.54. The predicted molar refractivity (Wildman–Crippen MR) is 136 cm³/mol. The van der Waals surface area contributed by atoms with E-state index < -0.39 is 13.7 Å². The third-order valence-corrected chi connectivity index (χ3v) is 9.16. The van der Waals surface area contributed by atoms with Crippen molar-refractivity contribution >= 4 is 36.0 Å². The molecule has 0 radical (unpaired) electrons. The zero-order valence-corrected chi connectivity index (χ0v) is 23.8. The zero-order valence-electron chi connectivity index (χ0n) is 21.2. The van der Waals surface area contributed by atoms with E-state index in [0.717, 1.165) is 49.5 Å². The molecule has 3 aliphatic rings. The van der Waals surface area contributed by atoms with Crippen molar-refractivity contribution in [3.05, 3.63) is 21.7 Å². The Morgan fingerprint density at radius 1 is 1.21 bits per heavy atom. The number of carbonyl (C=O) groups is 2. The first kappa shape index (κ1) is 25.6. The highest BCUT2D eigenvalue weighted by Gasteiger charge is 2.51. The second-order valence-corrected chi connectivity index (χ2v) is 18.4. The van der Waals surface area contributed by atoms with Gasteiger partial charge in [0.2, 0.25) is 4.73 Å². The van der Waals surface area contributed by atoms with E-state index >= 15 is 0 Å². The topological polar surface area (TPSA) is 86.6 Å². The first-order chi connectivity index (χ1) is 15.8. The highest BCUT2D eigenvalue weighted by Crippen LogP contribution is 2.55. The third kappa shape index (κ3) is 5.18. The van der Waals surface area contributed by atoms with Gasteiger partial charge in [0.05, 0.1) is 12.5 Å². The number of piperidine rings is 1. The molecule has 1 spiro atoms. The first-order valence-electron chi connectivity index (χ1n) is 12.3. The maximum Gasteiger partial charge on any atom is 0.410 e. The molecule has 3 heterocycles. The summed E-state index contributed by atoms with van der Waals surface area (Å²) in [5.74, 6) is 0.549. The van der Waals surface area contributed by atoms with Crippen molar-refractivity contribution in [2.45, 2.75) is 83.7 Å². The largest absolute Gasteiger partial charge is 0.444 e. The molecule has 1 unspecified atom stereocenters. The Labute approximate surface area is 211 Å². The van der Waals surface area contributed by atoms with Crippen molar-refractivity contribution in [2.75, 3.05) is 26.3 Å². The van der Waals surface area contributed by atoms with Crippen LogP contribution in [0.15, 0.2) is 15.9 Å². The Morgan fingerprint density at radius 2 is 1.88 bits per heavy atom. The van der Waals surface area contributed by atoms with Crippen LogP contribution in [0.2, 0.25) is 25.7 Å². The van der Waals surface area contributed by atoms with Crippen molar-refractivity contribution < 1.29 is 19.1 Å². The number of nitrogens with zero attached hydrogens (tertiary/aromatic N) is 4. The highest BCUT2D eigenvalue weighted by molar-refractivity contribution is 9.10. The smallest absolute Gasteiger partial charge is 0.410 e. The van der Waals surface area contributed by atoms with E-state index in [1.165, 1.54) is 4.68 Å². The van der Waals surface area contributed by atoms with Crippen LogP contribution >= 0.6 is 15.9 Å². The lowest BCUT2D eigenvalue weighted by Gasteiger charge is -2.41. The van der Waals surface area contributed by atoms with Crippen LogP contribution in [0.4, 0.5) is 4.79 Å². The van der Waals surface area contributed by atoms with E-state index in [1.54, 1.807) is 4.90 Å². The number of hydrogen-bond donors (Lipinski definition) is 0. The Bertz CT molecular complexity index is 1000. The Hall–Kier alpha value is -1.52. The predicted octanol–water partition coefficient (Wildman–Crippen LogP) is 5.24. The molecule has 1 fully saturated rings. The summed E-state index contributed by atoms with van der Waals surface area (Å²) < 4.78 is 13.6. The summed E-state index contributed by atoms with van der Waals surface area (Å²) in [6.07, 6.45) is 3.01. The van der Waals surface area contributed by atoms with Gasteiger partial charge in [-0.25, -0.2) is 9.78 Å². The van der Waals surface area contributed by atoms with Crippen molar-refractivity contribution in [1.29, 1.82) is 0 Å².